The Morgan fingerprint density at radius 3 is 2.79 bits per heavy atom. The second-order valence-corrected chi connectivity index (χ2v) is 3.99. The lowest BCUT2D eigenvalue weighted by Crippen LogP contribution is -2.28. The Bertz CT molecular complexity index is 229. The Kier molecular flexibility index (Phi) is 4.66. The molecule has 1 aromatic rings. The fourth-order valence-electron chi connectivity index (χ4n) is 1.58. The van der Waals surface area contributed by atoms with Crippen LogP contribution >= 0.6 is 0 Å². The highest BCUT2D eigenvalue weighted by Crippen LogP contribution is 2.16. The fourth-order valence-corrected chi connectivity index (χ4v) is 1.58. The number of aromatic amines is 1. The van der Waals surface area contributed by atoms with Gasteiger partial charge in [0.15, 0.2) is 0 Å². The first-order valence-corrected chi connectivity index (χ1v) is 5.49. The number of nitrogens with zero attached hydrogens (tertiary/aromatic N) is 1. The first-order chi connectivity index (χ1) is 6.74. The van der Waals surface area contributed by atoms with Crippen molar-refractivity contribution >= 4 is 0 Å². The van der Waals surface area contributed by atoms with Crippen LogP contribution < -0.4 is 5.32 Å². The van der Waals surface area contributed by atoms with Crippen LogP contribution in [-0.4, -0.2) is 16.0 Å². The van der Waals surface area contributed by atoms with Gasteiger partial charge < -0.3 is 10.3 Å². The average Bonchev–Trinajstić information content (AvgIpc) is 2.64. The van der Waals surface area contributed by atoms with Crippen LogP contribution in [-0.2, 0) is 0 Å². The third-order valence-corrected chi connectivity index (χ3v) is 2.23. The summed E-state index contributed by atoms with van der Waals surface area (Å²) in [5.41, 5.74) is 0. The van der Waals surface area contributed by atoms with Crippen molar-refractivity contribution in [3.8, 4) is 0 Å². The number of hydrogen-bond acceptors (Lipinski definition) is 2. The molecular weight excluding hydrogens is 174 g/mol. The number of unbranched alkanes of at least 4 members (excludes halogenated alkanes) is 1. The van der Waals surface area contributed by atoms with Gasteiger partial charge in [-0.1, -0.05) is 33.6 Å². The molecule has 0 bridgehead atoms. The molecule has 0 aliphatic carbocycles. The van der Waals surface area contributed by atoms with Crippen LogP contribution in [0.15, 0.2) is 12.4 Å². The van der Waals surface area contributed by atoms with E-state index in [9.17, 15) is 0 Å². The minimum atomic E-state index is 0.380. The third-order valence-electron chi connectivity index (χ3n) is 2.23. The van der Waals surface area contributed by atoms with Gasteiger partial charge in [0.2, 0.25) is 0 Å². The van der Waals surface area contributed by atoms with Crippen molar-refractivity contribution < 1.29 is 0 Å². The zero-order chi connectivity index (χ0) is 10.4. The van der Waals surface area contributed by atoms with Crippen LogP contribution in [0.1, 0.15) is 51.9 Å². The molecule has 0 saturated heterocycles. The molecule has 1 heterocycles. The topological polar surface area (TPSA) is 40.7 Å². The van der Waals surface area contributed by atoms with Crippen molar-refractivity contribution in [2.24, 2.45) is 0 Å². The Hall–Kier alpha value is -0.830. The SMILES string of the molecule is CCCCC(NC(C)C)c1ncc[nH]1. The number of hydrogen-bond donors (Lipinski definition) is 2. The zero-order valence-electron chi connectivity index (χ0n) is 9.38. The van der Waals surface area contributed by atoms with Crippen molar-refractivity contribution in [2.45, 2.75) is 52.1 Å². The minimum absolute atomic E-state index is 0.380. The van der Waals surface area contributed by atoms with E-state index >= 15 is 0 Å². The highest BCUT2D eigenvalue weighted by atomic mass is 15.0. The largest absolute Gasteiger partial charge is 0.347 e. The maximum absolute atomic E-state index is 4.30. The quantitative estimate of drug-likeness (QED) is 0.732. The molecule has 0 radical (unpaired) electrons. The van der Waals surface area contributed by atoms with Crippen LogP contribution in [0, 0.1) is 0 Å². The van der Waals surface area contributed by atoms with Crippen molar-refractivity contribution in [3.63, 3.8) is 0 Å². The number of nitrogens with one attached hydrogen (secondary N) is 2. The second kappa shape index (κ2) is 5.81. The molecule has 0 aromatic carbocycles. The van der Waals surface area contributed by atoms with Gasteiger partial charge in [-0.25, -0.2) is 4.98 Å². The zero-order valence-corrected chi connectivity index (χ0v) is 9.38. The summed E-state index contributed by atoms with van der Waals surface area (Å²) in [5, 5.41) is 3.52. The first kappa shape index (κ1) is 11.2. The molecule has 1 rings (SSSR count). The van der Waals surface area contributed by atoms with Crippen LogP contribution in [0.3, 0.4) is 0 Å². The van der Waals surface area contributed by atoms with Crippen LogP contribution in [0.2, 0.25) is 0 Å². The lowest BCUT2D eigenvalue weighted by Gasteiger charge is -2.18. The van der Waals surface area contributed by atoms with Gasteiger partial charge in [-0.2, -0.15) is 0 Å². The molecule has 3 heteroatoms. The van der Waals surface area contributed by atoms with E-state index < -0.39 is 0 Å². The molecule has 3 nitrogen and oxygen atoms in total. The number of imidazole rings is 1. The second-order valence-electron chi connectivity index (χ2n) is 3.99. The van der Waals surface area contributed by atoms with Gasteiger partial charge in [-0.3, -0.25) is 0 Å². The summed E-state index contributed by atoms with van der Waals surface area (Å²) < 4.78 is 0. The summed E-state index contributed by atoms with van der Waals surface area (Å²) in [6.07, 6.45) is 7.33. The maximum Gasteiger partial charge on any atom is 0.123 e. The first-order valence-electron chi connectivity index (χ1n) is 5.49. The molecule has 0 fully saturated rings. The summed E-state index contributed by atoms with van der Waals surface area (Å²) in [7, 11) is 0. The number of H-pyrrole nitrogens is 1. The number of aromatic nitrogens is 2. The molecule has 1 aromatic heterocycles. The molecule has 0 amide bonds. The van der Waals surface area contributed by atoms with Crippen molar-refractivity contribution in [2.75, 3.05) is 0 Å². The standard InChI is InChI=1S/C11H21N3/c1-4-5-6-10(14-9(2)3)11-12-7-8-13-11/h7-10,14H,4-6H2,1-3H3,(H,12,13). The van der Waals surface area contributed by atoms with Gasteiger partial charge in [0.05, 0.1) is 6.04 Å². The van der Waals surface area contributed by atoms with Crippen molar-refractivity contribution in [1.82, 2.24) is 15.3 Å². The molecule has 0 aliphatic heterocycles. The average molecular weight is 195 g/mol. The highest BCUT2D eigenvalue weighted by molar-refractivity contribution is 4.95. The molecule has 0 aliphatic rings. The van der Waals surface area contributed by atoms with E-state index in [1.165, 1.54) is 12.8 Å². The summed E-state index contributed by atoms with van der Waals surface area (Å²) in [6.45, 7) is 6.55. The summed E-state index contributed by atoms with van der Waals surface area (Å²) in [6, 6.07) is 0.881. The van der Waals surface area contributed by atoms with Crippen LogP contribution in [0.4, 0.5) is 0 Å². The molecular formula is C11H21N3. The Balaban J connectivity index is 2.53. The Morgan fingerprint density at radius 1 is 1.50 bits per heavy atom. The molecule has 0 saturated carbocycles. The van der Waals surface area contributed by atoms with Crippen LogP contribution in [0.5, 0.6) is 0 Å². The molecule has 14 heavy (non-hydrogen) atoms. The molecule has 2 N–H and O–H groups in total. The monoisotopic (exact) mass is 195 g/mol. The molecule has 80 valence electrons. The van der Waals surface area contributed by atoms with E-state index in [0.29, 0.717) is 12.1 Å². The highest BCUT2D eigenvalue weighted by Gasteiger charge is 2.13. The minimum Gasteiger partial charge on any atom is -0.347 e. The van der Waals surface area contributed by atoms with E-state index in [1.54, 1.807) is 0 Å². The summed E-state index contributed by atoms with van der Waals surface area (Å²) in [5.74, 6) is 1.06. The van der Waals surface area contributed by atoms with E-state index in [-0.39, 0.29) is 0 Å². The fraction of sp³-hybridized carbons (Fsp3) is 0.727. The summed E-state index contributed by atoms with van der Waals surface area (Å²) >= 11 is 0. The van der Waals surface area contributed by atoms with Crippen LogP contribution in [0.25, 0.3) is 0 Å². The lowest BCUT2D eigenvalue weighted by atomic mass is 10.1. The normalized spacial score (nSPS) is 13.4. The molecule has 0 spiro atoms. The van der Waals surface area contributed by atoms with E-state index in [4.69, 9.17) is 0 Å². The van der Waals surface area contributed by atoms with Gasteiger partial charge >= 0.3 is 0 Å². The predicted octanol–water partition coefficient (Wildman–Crippen LogP) is 2.64. The Morgan fingerprint density at radius 2 is 2.29 bits per heavy atom. The van der Waals surface area contributed by atoms with Gasteiger partial charge in [0.1, 0.15) is 5.82 Å². The molecule has 1 atom stereocenters. The van der Waals surface area contributed by atoms with Gasteiger partial charge in [0.25, 0.3) is 0 Å². The smallest absolute Gasteiger partial charge is 0.123 e. The van der Waals surface area contributed by atoms with Crippen molar-refractivity contribution in [1.29, 1.82) is 0 Å². The molecule has 1 unspecified atom stereocenters. The van der Waals surface area contributed by atoms with Gasteiger partial charge in [-0.15, -0.1) is 0 Å². The number of rotatable bonds is 6. The predicted molar refractivity (Wildman–Crippen MR) is 59.1 cm³/mol. The van der Waals surface area contributed by atoms with Gasteiger partial charge in [-0.05, 0) is 6.42 Å². The Labute approximate surface area is 86.3 Å². The van der Waals surface area contributed by atoms with E-state index in [0.717, 1.165) is 12.2 Å². The maximum atomic E-state index is 4.30. The van der Waals surface area contributed by atoms with Gasteiger partial charge in [0, 0.05) is 18.4 Å². The van der Waals surface area contributed by atoms with E-state index in [2.05, 4.69) is 36.1 Å². The van der Waals surface area contributed by atoms with Crippen molar-refractivity contribution in [3.05, 3.63) is 18.2 Å². The van der Waals surface area contributed by atoms with E-state index in [1.807, 2.05) is 12.4 Å². The lowest BCUT2D eigenvalue weighted by molar-refractivity contribution is 0.425. The summed E-state index contributed by atoms with van der Waals surface area (Å²) in [4.78, 5) is 7.48. The third kappa shape index (κ3) is 3.50.